The topological polar surface area (TPSA) is 90.2 Å². The summed E-state index contributed by atoms with van der Waals surface area (Å²) in [5, 5.41) is 0. The van der Waals surface area contributed by atoms with E-state index in [1.165, 1.54) is 47.0 Å². The second-order valence-corrected chi connectivity index (χ2v) is 11.1. The number of carbonyl (C=O) groups is 1. The van der Waals surface area contributed by atoms with Crippen LogP contribution in [0.5, 0.6) is 11.5 Å². The van der Waals surface area contributed by atoms with E-state index in [2.05, 4.69) is 10.9 Å². The quantitative estimate of drug-likeness (QED) is 0.363. The number of fused-ring (bicyclic) bond motifs is 2. The third-order valence-corrected chi connectivity index (χ3v) is 8.54. The molecule has 182 valence electrons. The van der Waals surface area contributed by atoms with Gasteiger partial charge in [0.2, 0.25) is 16.8 Å². The number of ether oxygens (including phenoxy) is 2. The number of hydrogen-bond acceptors (Lipinski definition) is 6. The van der Waals surface area contributed by atoms with Crippen LogP contribution in [-0.2, 0) is 23.1 Å². The maximum absolute atomic E-state index is 13.0. The van der Waals surface area contributed by atoms with Crippen molar-refractivity contribution in [3.63, 3.8) is 0 Å². The zero-order chi connectivity index (χ0) is 25.3. The first-order chi connectivity index (χ1) is 17.4. The number of amides is 1. The summed E-state index contributed by atoms with van der Waals surface area (Å²) in [6.07, 6.45) is 5.56. The van der Waals surface area contributed by atoms with E-state index < -0.39 is 15.9 Å². The van der Waals surface area contributed by atoms with Crippen LogP contribution >= 0.6 is 11.3 Å². The Balaban J connectivity index is 1.42. The van der Waals surface area contributed by atoms with Crippen molar-refractivity contribution in [2.75, 3.05) is 13.8 Å². The van der Waals surface area contributed by atoms with E-state index in [-0.39, 0.29) is 30.3 Å². The molecule has 1 aromatic heterocycles. The lowest BCUT2D eigenvalue weighted by Crippen LogP contribution is -2.26. The average Bonchev–Trinajstić information content (AvgIpc) is 3.47. The minimum atomic E-state index is -3.73. The summed E-state index contributed by atoms with van der Waals surface area (Å²) in [4.78, 5) is 17.7. The van der Waals surface area contributed by atoms with Gasteiger partial charge >= 0.3 is 0 Å². The van der Waals surface area contributed by atoms with Crippen LogP contribution in [0.25, 0.3) is 10.2 Å². The molecule has 2 heterocycles. The standard InChI is InChI=1S/C26H21N3O5S2/c1-3-13-29-21-14-22-23(34-17-33-22)15-24(21)35-26(29)27-25(30)19-9-11-20(12-10-19)36(31,32)28(2)16-18-7-5-4-6-8-18/h1,4-12,14-15H,13,16-17H2,2H3. The van der Waals surface area contributed by atoms with Crippen molar-refractivity contribution in [2.45, 2.75) is 18.0 Å². The number of sulfonamides is 1. The molecule has 0 bridgehead atoms. The van der Waals surface area contributed by atoms with Crippen molar-refractivity contribution in [2.24, 2.45) is 4.99 Å². The Labute approximate surface area is 212 Å². The van der Waals surface area contributed by atoms with Crippen LogP contribution < -0.4 is 14.3 Å². The second kappa shape index (κ2) is 9.62. The van der Waals surface area contributed by atoms with Gasteiger partial charge in [-0.15, -0.1) is 6.42 Å². The zero-order valence-corrected chi connectivity index (χ0v) is 20.9. The van der Waals surface area contributed by atoms with Crippen molar-refractivity contribution in [3.8, 4) is 23.8 Å². The van der Waals surface area contributed by atoms with E-state index in [0.29, 0.717) is 16.3 Å². The van der Waals surface area contributed by atoms with Gasteiger partial charge in [0.05, 0.1) is 21.7 Å². The summed E-state index contributed by atoms with van der Waals surface area (Å²) in [6.45, 7) is 0.613. The summed E-state index contributed by atoms with van der Waals surface area (Å²) in [5.41, 5.74) is 1.93. The predicted molar refractivity (Wildman–Crippen MR) is 136 cm³/mol. The fourth-order valence-electron chi connectivity index (χ4n) is 3.82. The monoisotopic (exact) mass is 519 g/mol. The van der Waals surface area contributed by atoms with Gasteiger partial charge in [-0.2, -0.15) is 9.30 Å². The molecule has 8 nitrogen and oxygen atoms in total. The number of nitrogens with zero attached hydrogens (tertiary/aromatic N) is 3. The molecule has 0 N–H and O–H groups in total. The fraction of sp³-hybridized carbons (Fsp3) is 0.154. The summed E-state index contributed by atoms with van der Waals surface area (Å²) in [6, 6.07) is 18.7. The molecule has 0 atom stereocenters. The molecular weight excluding hydrogens is 498 g/mol. The number of terminal acetylenes is 1. The molecule has 10 heteroatoms. The Hall–Kier alpha value is -3.91. The van der Waals surface area contributed by atoms with Crippen LogP contribution in [0.2, 0.25) is 0 Å². The summed E-state index contributed by atoms with van der Waals surface area (Å²) < 4.78 is 40.8. The highest BCUT2D eigenvalue weighted by Crippen LogP contribution is 2.37. The molecule has 3 aromatic carbocycles. The number of thiazole rings is 1. The van der Waals surface area contributed by atoms with E-state index >= 15 is 0 Å². The van der Waals surface area contributed by atoms with Gasteiger partial charge in [0.1, 0.15) is 0 Å². The molecule has 0 unspecified atom stereocenters. The highest BCUT2D eigenvalue weighted by Gasteiger charge is 2.22. The highest BCUT2D eigenvalue weighted by molar-refractivity contribution is 7.89. The molecule has 36 heavy (non-hydrogen) atoms. The normalized spacial score (nSPS) is 13.3. The Bertz CT molecular complexity index is 1670. The van der Waals surface area contributed by atoms with Crippen LogP contribution in [0.4, 0.5) is 0 Å². The van der Waals surface area contributed by atoms with Crippen molar-refractivity contribution in [3.05, 3.63) is 82.7 Å². The summed E-state index contributed by atoms with van der Waals surface area (Å²) >= 11 is 1.31. The lowest BCUT2D eigenvalue weighted by molar-refractivity contribution is 0.0997. The number of rotatable bonds is 6. The predicted octanol–water partition coefficient (Wildman–Crippen LogP) is 3.63. The third-order valence-electron chi connectivity index (χ3n) is 5.68. The number of carbonyl (C=O) groups excluding carboxylic acids is 1. The Kier molecular flexibility index (Phi) is 6.36. The van der Waals surface area contributed by atoms with Gasteiger partial charge in [0.15, 0.2) is 16.3 Å². The number of hydrogen-bond donors (Lipinski definition) is 0. The lowest BCUT2D eigenvalue weighted by atomic mass is 10.2. The van der Waals surface area contributed by atoms with Crippen molar-refractivity contribution in [1.82, 2.24) is 8.87 Å². The van der Waals surface area contributed by atoms with Crippen LogP contribution in [0, 0.1) is 12.3 Å². The second-order valence-electron chi connectivity index (χ2n) is 8.04. The van der Waals surface area contributed by atoms with Gasteiger partial charge < -0.3 is 14.0 Å². The Morgan fingerprint density at radius 1 is 1.11 bits per heavy atom. The summed E-state index contributed by atoms with van der Waals surface area (Å²) in [5.74, 6) is 3.32. The molecule has 0 aliphatic carbocycles. The van der Waals surface area contributed by atoms with Gasteiger partial charge in [0.25, 0.3) is 5.91 Å². The fourth-order valence-corrected chi connectivity index (χ4v) is 6.01. The van der Waals surface area contributed by atoms with E-state index in [0.717, 1.165) is 15.8 Å². The van der Waals surface area contributed by atoms with Crippen molar-refractivity contribution >= 4 is 37.5 Å². The third kappa shape index (κ3) is 4.52. The molecular formula is C26H21N3O5S2. The molecule has 4 aromatic rings. The average molecular weight is 520 g/mol. The molecule has 5 rings (SSSR count). The van der Waals surface area contributed by atoms with Crippen LogP contribution in [-0.4, -0.2) is 37.0 Å². The number of aromatic nitrogens is 1. The van der Waals surface area contributed by atoms with Crippen LogP contribution in [0.15, 0.2) is 76.6 Å². The number of benzene rings is 3. The van der Waals surface area contributed by atoms with E-state index in [1.54, 1.807) is 4.57 Å². The Morgan fingerprint density at radius 3 is 2.50 bits per heavy atom. The minimum Gasteiger partial charge on any atom is -0.454 e. The molecule has 0 spiro atoms. The van der Waals surface area contributed by atoms with Crippen molar-refractivity contribution < 1.29 is 22.7 Å². The molecule has 0 radical (unpaired) electrons. The molecule has 1 aliphatic heterocycles. The Morgan fingerprint density at radius 2 is 1.81 bits per heavy atom. The first-order valence-electron chi connectivity index (χ1n) is 10.9. The maximum atomic E-state index is 13.0. The molecule has 0 fully saturated rings. The SMILES string of the molecule is C#CCn1c(=NC(=O)c2ccc(S(=O)(=O)N(C)Cc3ccccc3)cc2)sc2cc3c(cc21)OCO3. The lowest BCUT2D eigenvalue weighted by Gasteiger charge is -2.17. The molecule has 0 saturated heterocycles. The van der Waals surface area contributed by atoms with Gasteiger partial charge in [-0.3, -0.25) is 4.79 Å². The molecule has 1 aliphatic rings. The van der Waals surface area contributed by atoms with E-state index in [9.17, 15) is 13.2 Å². The smallest absolute Gasteiger partial charge is 0.279 e. The first kappa shape index (κ1) is 23.8. The maximum Gasteiger partial charge on any atom is 0.279 e. The zero-order valence-electron chi connectivity index (χ0n) is 19.2. The molecule has 0 saturated carbocycles. The van der Waals surface area contributed by atoms with Gasteiger partial charge in [-0.05, 0) is 29.8 Å². The van der Waals surface area contributed by atoms with Gasteiger partial charge in [-0.25, -0.2) is 8.42 Å². The van der Waals surface area contributed by atoms with Crippen LogP contribution in [0.1, 0.15) is 15.9 Å². The summed E-state index contributed by atoms with van der Waals surface area (Å²) in [7, 11) is -2.21. The van der Waals surface area contributed by atoms with Crippen molar-refractivity contribution in [1.29, 1.82) is 0 Å². The van der Waals surface area contributed by atoms with E-state index in [1.807, 2.05) is 42.5 Å². The van der Waals surface area contributed by atoms with Crippen LogP contribution in [0.3, 0.4) is 0 Å². The minimum absolute atomic E-state index is 0.0938. The molecule has 1 amide bonds. The highest BCUT2D eigenvalue weighted by atomic mass is 32.2. The van der Waals surface area contributed by atoms with Gasteiger partial charge in [-0.1, -0.05) is 47.6 Å². The van der Waals surface area contributed by atoms with E-state index in [4.69, 9.17) is 15.9 Å². The largest absolute Gasteiger partial charge is 0.454 e. The first-order valence-corrected chi connectivity index (χ1v) is 13.2. The van der Waals surface area contributed by atoms with Gasteiger partial charge in [0, 0.05) is 31.3 Å².